The fourth-order valence-electron chi connectivity index (χ4n) is 1.67. The molecule has 1 aliphatic rings. The van der Waals surface area contributed by atoms with Gasteiger partial charge in [-0.25, -0.2) is 4.79 Å². The highest BCUT2D eigenvalue weighted by Gasteiger charge is 2.60. The Morgan fingerprint density at radius 1 is 1.69 bits per heavy atom. The van der Waals surface area contributed by atoms with Crippen molar-refractivity contribution >= 4 is 5.97 Å². The number of β-amino-alcohol motifs (C(OH)–C–C–N with tert-alkyl or cyclic N) is 1. The van der Waals surface area contributed by atoms with Crippen LogP contribution in [0.25, 0.3) is 0 Å². The van der Waals surface area contributed by atoms with Crippen LogP contribution in [0.5, 0.6) is 0 Å². The number of rotatable bonds is 3. The van der Waals surface area contributed by atoms with Gasteiger partial charge in [0, 0.05) is 12.6 Å². The van der Waals surface area contributed by atoms with E-state index >= 15 is 0 Å². The van der Waals surface area contributed by atoms with E-state index in [1.54, 1.807) is 0 Å². The Labute approximate surface area is 93.0 Å². The average Bonchev–Trinajstić information content (AvgIpc) is 2.23. The summed E-state index contributed by atoms with van der Waals surface area (Å²) in [5, 5.41) is 12.5. The molecule has 0 aromatic rings. The fourth-order valence-corrected chi connectivity index (χ4v) is 1.67. The minimum Gasteiger partial charge on any atom is -0.461 e. The Kier molecular flexibility index (Phi) is 3.85. The zero-order chi connectivity index (χ0) is 12.4. The van der Waals surface area contributed by atoms with Crippen LogP contribution in [-0.2, 0) is 9.53 Å². The van der Waals surface area contributed by atoms with Crippen LogP contribution < -0.4 is 5.32 Å². The lowest BCUT2D eigenvalue weighted by Gasteiger charge is -2.39. The second-order valence-electron chi connectivity index (χ2n) is 4.15. The lowest BCUT2D eigenvalue weighted by Crippen LogP contribution is -2.62. The third-order valence-corrected chi connectivity index (χ3v) is 2.85. The van der Waals surface area contributed by atoms with Gasteiger partial charge in [-0.2, -0.15) is 8.78 Å². The predicted molar refractivity (Wildman–Crippen MR) is 53.2 cm³/mol. The zero-order valence-electron chi connectivity index (χ0n) is 9.43. The molecule has 2 atom stereocenters. The number of aliphatic hydroxyl groups is 1. The van der Waals surface area contributed by atoms with Crippen LogP contribution in [0.1, 0.15) is 26.7 Å². The maximum atomic E-state index is 13.6. The van der Waals surface area contributed by atoms with E-state index in [1.165, 1.54) is 6.92 Å². The van der Waals surface area contributed by atoms with Crippen LogP contribution in [0.4, 0.5) is 8.78 Å². The van der Waals surface area contributed by atoms with Gasteiger partial charge in [0.1, 0.15) is 0 Å². The Balaban J connectivity index is 2.77. The number of hydrogen-bond acceptors (Lipinski definition) is 4. The maximum Gasteiger partial charge on any atom is 0.380 e. The number of piperidine rings is 1. The molecule has 0 aromatic carbocycles. The van der Waals surface area contributed by atoms with Gasteiger partial charge in [0.2, 0.25) is 0 Å². The number of esters is 1. The molecule has 0 amide bonds. The summed E-state index contributed by atoms with van der Waals surface area (Å²) in [7, 11) is 0. The van der Waals surface area contributed by atoms with Crippen LogP contribution >= 0.6 is 0 Å². The van der Waals surface area contributed by atoms with Crippen molar-refractivity contribution in [3.8, 4) is 0 Å². The molecule has 1 aliphatic heterocycles. The number of carbonyl (C=O) groups excluding carboxylic acids is 1. The highest BCUT2D eigenvalue weighted by atomic mass is 19.3. The molecule has 94 valence electrons. The first-order chi connectivity index (χ1) is 7.33. The molecular formula is C10H17F2NO3. The first-order valence-electron chi connectivity index (χ1n) is 5.34. The summed E-state index contributed by atoms with van der Waals surface area (Å²) in [6, 6.07) is 0.0678. The summed E-state index contributed by atoms with van der Waals surface area (Å²) in [6.45, 7) is 2.84. The van der Waals surface area contributed by atoms with Crippen LogP contribution in [0.15, 0.2) is 0 Å². The fraction of sp³-hybridized carbons (Fsp3) is 0.900. The molecule has 0 bridgehead atoms. The van der Waals surface area contributed by atoms with Gasteiger partial charge in [-0.05, 0) is 26.7 Å². The normalized spacial score (nSPS) is 31.2. The molecule has 4 nitrogen and oxygen atoms in total. The van der Waals surface area contributed by atoms with Gasteiger partial charge in [0.25, 0.3) is 0 Å². The number of halogens is 2. The summed E-state index contributed by atoms with van der Waals surface area (Å²) >= 11 is 0. The van der Waals surface area contributed by atoms with E-state index < -0.39 is 17.5 Å². The molecule has 16 heavy (non-hydrogen) atoms. The van der Waals surface area contributed by atoms with E-state index in [2.05, 4.69) is 10.1 Å². The molecule has 0 aromatic heterocycles. The summed E-state index contributed by atoms with van der Waals surface area (Å²) in [4.78, 5) is 11.1. The standard InChI is InChI=1S/C10H17F2NO3/c1-3-16-8(14)10(11,12)9(15)5-4-7(2)13-6-9/h7,13,15H,3-6H2,1-2H3. The van der Waals surface area contributed by atoms with Crippen molar-refractivity contribution in [2.24, 2.45) is 0 Å². The van der Waals surface area contributed by atoms with E-state index in [0.717, 1.165) is 0 Å². The third-order valence-electron chi connectivity index (χ3n) is 2.85. The van der Waals surface area contributed by atoms with Gasteiger partial charge in [-0.1, -0.05) is 0 Å². The molecule has 1 fully saturated rings. The van der Waals surface area contributed by atoms with E-state index in [9.17, 15) is 18.7 Å². The predicted octanol–water partition coefficient (Wildman–Crippen LogP) is 0.688. The zero-order valence-corrected chi connectivity index (χ0v) is 9.43. The number of carbonyl (C=O) groups is 1. The summed E-state index contributed by atoms with van der Waals surface area (Å²) < 4.78 is 31.5. The van der Waals surface area contributed by atoms with Gasteiger partial charge < -0.3 is 15.2 Å². The molecule has 0 radical (unpaired) electrons. The van der Waals surface area contributed by atoms with Gasteiger partial charge in [-0.3, -0.25) is 0 Å². The van der Waals surface area contributed by atoms with Crippen LogP contribution in [0, 0.1) is 0 Å². The molecule has 0 saturated carbocycles. The molecule has 2 N–H and O–H groups in total. The van der Waals surface area contributed by atoms with E-state index in [1.807, 2.05) is 6.92 Å². The molecule has 1 heterocycles. The Hall–Kier alpha value is -0.750. The molecule has 2 unspecified atom stereocenters. The summed E-state index contributed by atoms with van der Waals surface area (Å²) in [6.07, 6.45) is 0.276. The smallest absolute Gasteiger partial charge is 0.380 e. The Morgan fingerprint density at radius 3 is 2.75 bits per heavy atom. The Bertz CT molecular complexity index is 263. The quantitative estimate of drug-likeness (QED) is 0.709. The summed E-state index contributed by atoms with van der Waals surface area (Å²) in [5.74, 6) is -5.52. The van der Waals surface area contributed by atoms with Crippen molar-refractivity contribution < 1.29 is 23.4 Å². The summed E-state index contributed by atoms with van der Waals surface area (Å²) in [5.41, 5.74) is -2.34. The van der Waals surface area contributed by atoms with Crippen molar-refractivity contribution in [3.05, 3.63) is 0 Å². The second-order valence-corrected chi connectivity index (χ2v) is 4.15. The highest BCUT2D eigenvalue weighted by molar-refractivity contribution is 5.79. The van der Waals surface area contributed by atoms with Crippen molar-refractivity contribution in [3.63, 3.8) is 0 Å². The largest absolute Gasteiger partial charge is 0.461 e. The molecule has 0 spiro atoms. The van der Waals surface area contributed by atoms with Gasteiger partial charge in [-0.15, -0.1) is 0 Å². The van der Waals surface area contributed by atoms with Crippen LogP contribution in [0.3, 0.4) is 0 Å². The van der Waals surface area contributed by atoms with Crippen molar-refractivity contribution in [2.75, 3.05) is 13.2 Å². The van der Waals surface area contributed by atoms with Gasteiger partial charge in [0.15, 0.2) is 5.60 Å². The molecule has 6 heteroatoms. The van der Waals surface area contributed by atoms with Crippen molar-refractivity contribution in [1.29, 1.82) is 0 Å². The minimum atomic E-state index is -3.86. The molecule has 1 saturated heterocycles. The second kappa shape index (κ2) is 4.63. The number of alkyl halides is 2. The lowest BCUT2D eigenvalue weighted by molar-refractivity contribution is -0.217. The van der Waals surface area contributed by atoms with Crippen molar-refractivity contribution in [1.82, 2.24) is 5.32 Å². The number of ether oxygens (including phenoxy) is 1. The van der Waals surface area contributed by atoms with E-state index in [-0.39, 0.29) is 25.6 Å². The molecule has 1 rings (SSSR count). The monoisotopic (exact) mass is 237 g/mol. The topological polar surface area (TPSA) is 58.6 Å². The SMILES string of the molecule is CCOC(=O)C(F)(F)C1(O)CCC(C)NC1. The number of hydrogen-bond donors (Lipinski definition) is 2. The first-order valence-corrected chi connectivity index (χ1v) is 5.34. The molecular weight excluding hydrogens is 220 g/mol. The van der Waals surface area contributed by atoms with Crippen LogP contribution in [0.2, 0.25) is 0 Å². The average molecular weight is 237 g/mol. The van der Waals surface area contributed by atoms with Crippen molar-refractivity contribution in [2.45, 2.75) is 44.3 Å². The van der Waals surface area contributed by atoms with Gasteiger partial charge in [0.05, 0.1) is 6.61 Å². The van der Waals surface area contributed by atoms with Gasteiger partial charge >= 0.3 is 11.9 Å². The number of nitrogens with one attached hydrogen (secondary N) is 1. The highest BCUT2D eigenvalue weighted by Crippen LogP contribution is 2.36. The Morgan fingerprint density at radius 2 is 2.31 bits per heavy atom. The van der Waals surface area contributed by atoms with E-state index in [0.29, 0.717) is 6.42 Å². The maximum absolute atomic E-state index is 13.6. The molecule has 0 aliphatic carbocycles. The van der Waals surface area contributed by atoms with Crippen LogP contribution in [-0.4, -0.2) is 41.8 Å². The lowest BCUT2D eigenvalue weighted by atomic mass is 9.85. The van der Waals surface area contributed by atoms with E-state index in [4.69, 9.17) is 0 Å². The third kappa shape index (κ3) is 2.32. The minimum absolute atomic E-state index is 0.0678. The first kappa shape index (κ1) is 13.3.